The van der Waals surface area contributed by atoms with Gasteiger partial charge in [0.05, 0.1) is 13.2 Å². The fraction of sp³-hybridized carbons (Fsp3) is 0.429. The maximum absolute atomic E-state index is 11.2. The molecule has 0 aromatic heterocycles. The van der Waals surface area contributed by atoms with E-state index in [4.69, 9.17) is 14.7 Å². The number of nitrogens with zero attached hydrogens (tertiary/aromatic N) is 1. The number of benzene rings is 1. The third-order valence-corrected chi connectivity index (χ3v) is 2.60. The molecule has 102 valence electrons. The molecule has 1 aromatic rings. The van der Waals surface area contributed by atoms with E-state index in [9.17, 15) is 4.79 Å². The molecule has 1 amide bonds. The molecule has 0 fully saturated rings. The molecular formula is C14H18N2O3. The molecule has 1 aromatic carbocycles. The average Bonchev–Trinajstić information content (AvgIpc) is 2.42. The fourth-order valence-electron chi connectivity index (χ4n) is 1.64. The van der Waals surface area contributed by atoms with Crippen LogP contribution in [0.25, 0.3) is 0 Å². The number of alkyl carbamates (subject to hydrolysis) is 1. The van der Waals surface area contributed by atoms with Gasteiger partial charge in [-0.2, -0.15) is 5.26 Å². The van der Waals surface area contributed by atoms with Gasteiger partial charge in [-0.3, -0.25) is 0 Å². The Labute approximate surface area is 113 Å². The van der Waals surface area contributed by atoms with Crippen molar-refractivity contribution >= 4 is 6.09 Å². The minimum absolute atomic E-state index is 0.0569. The quantitative estimate of drug-likeness (QED) is 0.828. The Kier molecular flexibility index (Phi) is 5.68. The van der Waals surface area contributed by atoms with Crippen molar-refractivity contribution in [2.45, 2.75) is 26.4 Å². The monoisotopic (exact) mass is 262 g/mol. The summed E-state index contributed by atoms with van der Waals surface area (Å²) in [6.07, 6.45) is -0.594. The zero-order valence-corrected chi connectivity index (χ0v) is 11.4. The predicted molar refractivity (Wildman–Crippen MR) is 70.9 cm³/mol. The topological polar surface area (TPSA) is 71.3 Å². The number of ether oxygens (including phenoxy) is 2. The van der Waals surface area contributed by atoms with Gasteiger partial charge in [0.15, 0.2) is 0 Å². The largest absolute Gasteiger partial charge is 0.496 e. The maximum Gasteiger partial charge on any atom is 0.408 e. The van der Waals surface area contributed by atoms with E-state index in [1.165, 1.54) is 0 Å². The number of carbonyl (C=O) groups is 1. The van der Waals surface area contributed by atoms with Crippen molar-refractivity contribution in [2.24, 2.45) is 0 Å². The molecule has 1 N–H and O–H groups in total. The van der Waals surface area contributed by atoms with Crippen LogP contribution in [0.4, 0.5) is 4.79 Å². The van der Waals surface area contributed by atoms with Gasteiger partial charge in [0, 0.05) is 0 Å². The number of hydrogen-bond acceptors (Lipinski definition) is 4. The highest BCUT2D eigenvalue weighted by Crippen LogP contribution is 2.27. The van der Waals surface area contributed by atoms with E-state index >= 15 is 0 Å². The van der Waals surface area contributed by atoms with Crippen LogP contribution >= 0.6 is 0 Å². The van der Waals surface area contributed by atoms with E-state index in [0.29, 0.717) is 5.92 Å². The van der Waals surface area contributed by atoms with Crippen LogP contribution in [0, 0.1) is 11.3 Å². The summed E-state index contributed by atoms with van der Waals surface area (Å²) in [6.45, 7) is 4.25. The summed E-state index contributed by atoms with van der Waals surface area (Å²) in [4.78, 5) is 11.2. The lowest BCUT2D eigenvalue weighted by atomic mass is 10.00. The molecule has 0 unspecified atom stereocenters. The average molecular weight is 262 g/mol. The summed E-state index contributed by atoms with van der Waals surface area (Å²) in [5, 5.41) is 10.6. The normalized spacial score (nSPS) is 9.84. The molecule has 0 spiro atoms. The van der Waals surface area contributed by atoms with Crippen molar-refractivity contribution in [3.63, 3.8) is 0 Å². The maximum atomic E-state index is 11.2. The van der Waals surface area contributed by atoms with Gasteiger partial charge in [0.1, 0.15) is 18.9 Å². The summed E-state index contributed by atoms with van der Waals surface area (Å²) in [7, 11) is 1.63. The Balaban J connectivity index is 2.67. The molecule has 0 saturated carbocycles. The minimum atomic E-state index is -0.594. The van der Waals surface area contributed by atoms with Crippen LogP contribution < -0.4 is 10.1 Å². The van der Waals surface area contributed by atoms with Crippen molar-refractivity contribution in [3.05, 3.63) is 29.3 Å². The Bertz CT molecular complexity index is 478. The molecule has 0 bridgehead atoms. The van der Waals surface area contributed by atoms with Crippen LogP contribution in [0.3, 0.4) is 0 Å². The predicted octanol–water partition coefficient (Wildman–Crippen LogP) is 2.57. The van der Waals surface area contributed by atoms with Gasteiger partial charge >= 0.3 is 6.09 Å². The number of amides is 1. The van der Waals surface area contributed by atoms with Gasteiger partial charge in [-0.1, -0.05) is 19.9 Å². The second-order valence-corrected chi connectivity index (χ2v) is 4.32. The van der Waals surface area contributed by atoms with E-state index in [1.807, 2.05) is 24.3 Å². The van der Waals surface area contributed by atoms with Gasteiger partial charge in [-0.15, -0.1) is 0 Å². The van der Waals surface area contributed by atoms with Crippen LogP contribution in [0.5, 0.6) is 5.75 Å². The summed E-state index contributed by atoms with van der Waals surface area (Å²) in [5.74, 6) is 1.15. The molecule has 0 radical (unpaired) electrons. The summed E-state index contributed by atoms with van der Waals surface area (Å²) in [5.41, 5.74) is 1.96. The highest BCUT2D eigenvalue weighted by Gasteiger charge is 2.09. The minimum Gasteiger partial charge on any atom is -0.496 e. The molecule has 0 aliphatic carbocycles. The van der Waals surface area contributed by atoms with E-state index in [2.05, 4.69) is 19.2 Å². The first-order valence-electron chi connectivity index (χ1n) is 6.02. The van der Waals surface area contributed by atoms with Gasteiger partial charge in [0.2, 0.25) is 0 Å². The van der Waals surface area contributed by atoms with Crippen LogP contribution in [0.15, 0.2) is 18.2 Å². The van der Waals surface area contributed by atoms with Crippen molar-refractivity contribution < 1.29 is 14.3 Å². The van der Waals surface area contributed by atoms with E-state index < -0.39 is 6.09 Å². The molecule has 0 aliphatic rings. The Morgan fingerprint density at radius 2 is 2.21 bits per heavy atom. The highest BCUT2D eigenvalue weighted by molar-refractivity contribution is 5.67. The van der Waals surface area contributed by atoms with Crippen LogP contribution in [-0.2, 0) is 11.3 Å². The molecule has 19 heavy (non-hydrogen) atoms. The van der Waals surface area contributed by atoms with Gasteiger partial charge in [-0.25, -0.2) is 4.79 Å². The van der Waals surface area contributed by atoms with Crippen molar-refractivity contribution in [1.82, 2.24) is 5.32 Å². The lowest BCUT2D eigenvalue weighted by Crippen LogP contribution is -2.24. The van der Waals surface area contributed by atoms with Crippen LogP contribution in [0.1, 0.15) is 30.9 Å². The molecule has 0 saturated heterocycles. The smallest absolute Gasteiger partial charge is 0.408 e. The Hall–Kier alpha value is -2.22. The Morgan fingerprint density at radius 1 is 1.47 bits per heavy atom. The van der Waals surface area contributed by atoms with Crippen LogP contribution in [0.2, 0.25) is 0 Å². The molecule has 5 nitrogen and oxygen atoms in total. The number of nitrogens with one attached hydrogen (secondary N) is 1. The van der Waals surface area contributed by atoms with Gasteiger partial charge in [0.25, 0.3) is 0 Å². The van der Waals surface area contributed by atoms with Crippen molar-refractivity contribution in [2.75, 3.05) is 13.7 Å². The zero-order chi connectivity index (χ0) is 14.3. The first-order chi connectivity index (χ1) is 9.08. The SMILES string of the molecule is COc1ccc(COC(=O)NCC#N)cc1C(C)C. The fourth-order valence-corrected chi connectivity index (χ4v) is 1.64. The second kappa shape index (κ2) is 7.27. The molecule has 0 atom stereocenters. The third-order valence-electron chi connectivity index (χ3n) is 2.60. The summed E-state index contributed by atoms with van der Waals surface area (Å²) in [6, 6.07) is 7.48. The van der Waals surface area contributed by atoms with Crippen molar-refractivity contribution in [1.29, 1.82) is 5.26 Å². The van der Waals surface area contributed by atoms with E-state index in [0.717, 1.165) is 16.9 Å². The van der Waals surface area contributed by atoms with Gasteiger partial charge in [-0.05, 0) is 29.2 Å². The summed E-state index contributed by atoms with van der Waals surface area (Å²) < 4.78 is 10.3. The summed E-state index contributed by atoms with van der Waals surface area (Å²) >= 11 is 0. The molecule has 1 rings (SSSR count). The van der Waals surface area contributed by atoms with Crippen LogP contribution in [-0.4, -0.2) is 19.7 Å². The molecule has 0 aliphatic heterocycles. The zero-order valence-electron chi connectivity index (χ0n) is 11.4. The standard InChI is InChI=1S/C14H18N2O3/c1-10(2)12-8-11(4-5-13(12)18-3)9-19-14(17)16-7-6-15/h4-5,8,10H,7,9H2,1-3H3,(H,16,17). The molecular weight excluding hydrogens is 244 g/mol. The highest BCUT2D eigenvalue weighted by atomic mass is 16.5. The number of rotatable bonds is 5. The second-order valence-electron chi connectivity index (χ2n) is 4.32. The lowest BCUT2D eigenvalue weighted by molar-refractivity contribution is 0.141. The Morgan fingerprint density at radius 3 is 2.79 bits per heavy atom. The number of hydrogen-bond donors (Lipinski definition) is 1. The van der Waals surface area contributed by atoms with E-state index in [1.54, 1.807) is 7.11 Å². The number of carbonyl (C=O) groups excluding carboxylic acids is 1. The molecule has 0 heterocycles. The number of nitriles is 1. The van der Waals surface area contributed by atoms with E-state index in [-0.39, 0.29) is 13.2 Å². The number of methoxy groups -OCH3 is 1. The molecule has 5 heteroatoms. The van der Waals surface area contributed by atoms with Crippen molar-refractivity contribution in [3.8, 4) is 11.8 Å². The first-order valence-corrected chi connectivity index (χ1v) is 6.02. The third kappa shape index (κ3) is 4.51. The first kappa shape index (κ1) is 14.8. The van der Waals surface area contributed by atoms with Gasteiger partial charge < -0.3 is 14.8 Å². The lowest BCUT2D eigenvalue weighted by Gasteiger charge is -2.13.